The zero-order chi connectivity index (χ0) is 33.1. The Balaban J connectivity index is 0.000000223. The maximum absolute atomic E-state index is 12.6. The number of ether oxygens (including phenoxy) is 2. The number of amides is 2. The number of morpholine rings is 1. The minimum atomic E-state index is 0.0125. The molecule has 2 N–H and O–H groups in total. The van der Waals surface area contributed by atoms with Gasteiger partial charge >= 0.3 is 0 Å². The van der Waals surface area contributed by atoms with E-state index in [2.05, 4.69) is 31.8 Å². The van der Waals surface area contributed by atoms with Gasteiger partial charge in [-0.15, -0.1) is 0 Å². The van der Waals surface area contributed by atoms with Crippen molar-refractivity contribution in [2.45, 2.75) is 38.3 Å². The Labute approximate surface area is 280 Å². The molecule has 248 valence electrons. The number of hydrogen-bond acceptors (Lipinski definition) is 9. The normalized spacial score (nSPS) is 16.9. The Bertz CT molecular complexity index is 1690. The molecule has 7 rings (SSSR count). The third-order valence-electron chi connectivity index (χ3n) is 8.60. The lowest BCUT2D eigenvalue weighted by Crippen LogP contribution is -2.40. The predicted molar refractivity (Wildman–Crippen MR) is 179 cm³/mol. The van der Waals surface area contributed by atoms with Gasteiger partial charge in [0.05, 0.1) is 43.6 Å². The highest BCUT2D eigenvalue weighted by Gasteiger charge is 2.31. The second-order valence-corrected chi connectivity index (χ2v) is 12.1. The molecule has 12 heteroatoms. The first-order valence-electron chi connectivity index (χ1n) is 16.5. The van der Waals surface area contributed by atoms with Crippen molar-refractivity contribution in [1.82, 2.24) is 30.0 Å². The summed E-state index contributed by atoms with van der Waals surface area (Å²) in [6.07, 6.45) is 9.48. The average Bonchev–Trinajstić information content (AvgIpc) is 3.89. The van der Waals surface area contributed by atoms with Crippen molar-refractivity contribution >= 4 is 23.5 Å². The number of carbonyl (C=O) groups is 2. The lowest BCUT2D eigenvalue weighted by molar-refractivity contribution is 0.0303. The number of carbonyl (C=O) groups excluding carboxylic acids is 2. The Morgan fingerprint density at radius 1 is 0.917 bits per heavy atom. The van der Waals surface area contributed by atoms with E-state index < -0.39 is 0 Å². The van der Waals surface area contributed by atoms with Crippen LogP contribution in [0.3, 0.4) is 0 Å². The molecule has 2 aliphatic heterocycles. The van der Waals surface area contributed by atoms with Crippen molar-refractivity contribution in [2.75, 3.05) is 44.8 Å². The van der Waals surface area contributed by atoms with Crippen LogP contribution in [0.4, 0.5) is 11.6 Å². The molecule has 1 atom stereocenters. The minimum absolute atomic E-state index is 0.0125. The zero-order valence-corrected chi connectivity index (χ0v) is 26.8. The van der Waals surface area contributed by atoms with Gasteiger partial charge < -0.3 is 25.0 Å². The fourth-order valence-corrected chi connectivity index (χ4v) is 5.65. The number of benzene rings is 2. The molecule has 1 unspecified atom stereocenters. The van der Waals surface area contributed by atoms with E-state index in [1.54, 1.807) is 24.5 Å². The van der Waals surface area contributed by atoms with Crippen molar-refractivity contribution in [2.24, 2.45) is 11.8 Å². The van der Waals surface area contributed by atoms with Crippen molar-refractivity contribution in [1.29, 1.82) is 5.26 Å². The van der Waals surface area contributed by atoms with Crippen LogP contribution in [0.2, 0.25) is 0 Å². The SMILES string of the molecule is N#CC(Cn1cc(-c2ccnc(Nc3ccc(C(=O)N4CCOCC4)cc3)n2)cn1)C1CC1.O=C(NC1CCOCC1)c1ccccc1. The molecule has 1 aliphatic carbocycles. The zero-order valence-electron chi connectivity index (χ0n) is 26.8. The Hall–Kier alpha value is -5.12. The molecule has 12 nitrogen and oxygen atoms in total. The van der Waals surface area contributed by atoms with Crippen molar-refractivity contribution in [3.8, 4) is 17.3 Å². The second-order valence-electron chi connectivity index (χ2n) is 12.1. The van der Waals surface area contributed by atoms with E-state index in [0.717, 1.165) is 61.4 Å². The van der Waals surface area contributed by atoms with Crippen LogP contribution >= 0.6 is 0 Å². The summed E-state index contributed by atoms with van der Waals surface area (Å²) in [6.45, 7) is 4.50. The van der Waals surface area contributed by atoms with E-state index in [9.17, 15) is 14.9 Å². The molecule has 0 radical (unpaired) electrons. The number of aromatic nitrogens is 4. The summed E-state index contributed by atoms with van der Waals surface area (Å²) in [5, 5.41) is 20.0. The maximum atomic E-state index is 12.6. The van der Waals surface area contributed by atoms with E-state index in [1.165, 1.54) is 0 Å². The lowest BCUT2D eigenvalue weighted by Gasteiger charge is -2.26. The van der Waals surface area contributed by atoms with Gasteiger partial charge in [0.2, 0.25) is 5.95 Å². The second kappa shape index (κ2) is 16.1. The summed E-state index contributed by atoms with van der Waals surface area (Å²) in [4.78, 5) is 35.1. The van der Waals surface area contributed by atoms with Gasteiger partial charge in [-0.05, 0) is 74.1 Å². The molecule has 0 spiro atoms. The lowest BCUT2D eigenvalue weighted by atomic mass is 10.1. The number of anilines is 2. The summed E-state index contributed by atoms with van der Waals surface area (Å²) in [5.41, 5.74) is 3.79. The van der Waals surface area contributed by atoms with Gasteiger partial charge in [-0.3, -0.25) is 14.3 Å². The third kappa shape index (κ3) is 9.02. The van der Waals surface area contributed by atoms with Gasteiger partial charge in [0.1, 0.15) is 0 Å². The van der Waals surface area contributed by atoms with E-state index in [1.807, 2.05) is 64.3 Å². The van der Waals surface area contributed by atoms with Crippen LogP contribution < -0.4 is 10.6 Å². The van der Waals surface area contributed by atoms with Gasteiger partial charge in [0, 0.05) is 67.1 Å². The number of nitrogens with one attached hydrogen (secondary N) is 2. The molecular weight excluding hydrogens is 608 g/mol. The molecule has 3 fully saturated rings. The molecule has 1 saturated carbocycles. The van der Waals surface area contributed by atoms with Crippen LogP contribution in [0.15, 0.2) is 79.3 Å². The molecule has 3 aliphatic rings. The molecular formula is C36H40N8O4. The highest BCUT2D eigenvalue weighted by Crippen LogP contribution is 2.37. The minimum Gasteiger partial charge on any atom is -0.381 e. The smallest absolute Gasteiger partial charge is 0.254 e. The third-order valence-corrected chi connectivity index (χ3v) is 8.60. The quantitative estimate of drug-likeness (QED) is 0.264. The monoisotopic (exact) mass is 648 g/mol. The molecule has 48 heavy (non-hydrogen) atoms. The van der Waals surface area contributed by atoms with E-state index in [4.69, 9.17) is 9.47 Å². The van der Waals surface area contributed by atoms with Gasteiger partial charge in [0.15, 0.2) is 0 Å². The first kappa shape index (κ1) is 32.8. The fraction of sp³-hybridized carbons (Fsp3) is 0.389. The molecule has 2 aromatic heterocycles. The van der Waals surface area contributed by atoms with Crippen LogP contribution in [0.1, 0.15) is 46.4 Å². The average molecular weight is 649 g/mol. The topological polar surface area (TPSA) is 147 Å². The fourth-order valence-electron chi connectivity index (χ4n) is 5.65. The van der Waals surface area contributed by atoms with Crippen molar-refractivity contribution in [3.63, 3.8) is 0 Å². The molecule has 0 bridgehead atoms. The van der Waals surface area contributed by atoms with E-state index in [0.29, 0.717) is 50.3 Å². The largest absolute Gasteiger partial charge is 0.381 e. The summed E-state index contributed by atoms with van der Waals surface area (Å²) in [7, 11) is 0. The van der Waals surface area contributed by atoms with Gasteiger partial charge in [0.25, 0.3) is 11.8 Å². The van der Waals surface area contributed by atoms with Crippen LogP contribution in [0.25, 0.3) is 11.3 Å². The summed E-state index contributed by atoms with van der Waals surface area (Å²) in [6, 6.07) is 21.1. The number of hydrogen-bond donors (Lipinski definition) is 2. The Kier molecular flexibility index (Phi) is 11.0. The molecule has 2 amide bonds. The van der Waals surface area contributed by atoms with Gasteiger partial charge in [-0.1, -0.05) is 18.2 Å². The van der Waals surface area contributed by atoms with Crippen molar-refractivity contribution in [3.05, 3.63) is 90.4 Å². The Morgan fingerprint density at radius 2 is 1.65 bits per heavy atom. The first-order valence-corrected chi connectivity index (χ1v) is 16.5. The van der Waals surface area contributed by atoms with Crippen LogP contribution in [0, 0.1) is 23.2 Å². The standard InChI is InChI=1S/C24H25N7O2.C12H15NO2/c25-13-19(17-1-2-17)15-31-16-20(14-27-31)22-7-8-26-24(29-22)28-21-5-3-18(4-6-21)23(32)30-9-11-33-12-10-30;14-12(10-4-2-1-3-5-10)13-11-6-8-15-9-7-11/h3-8,14,16-17,19H,1-2,9-12,15H2,(H,26,28,29);1-5,11H,6-9H2,(H,13,14). The first-order chi connectivity index (χ1) is 23.6. The highest BCUT2D eigenvalue weighted by atomic mass is 16.5. The highest BCUT2D eigenvalue weighted by molar-refractivity contribution is 5.95. The van der Waals surface area contributed by atoms with Gasteiger partial charge in [-0.2, -0.15) is 10.4 Å². The van der Waals surface area contributed by atoms with Gasteiger partial charge in [-0.25, -0.2) is 9.97 Å². The summed E-state index contributed by atoms with van der Waals surface area (Å²) < 4.78 is 12.4. The molecule has 2 aromatic carbocycles. The predicted octanol–water partition coefficient (Wildman–Crippen LogP) is 4.70. The van der Waals surface area contributed by atoms with Crippen molar-refractivity contribution < 1.29 is 19.1 Å². The Morgan fingerprint density at radius 3 is 2.35 bits per heavy atom. The molecule has 2 saturated heterocycles. The van der Waals surface area contributed by atoms with Crippen LogP contribution in [-0.4, -0.2) is 82.0 Å². The maximum Gasteiger partial charge on any atom is 0.254 e. The van der Waals surface area contributed by atoms with E-state index >= 15 is 0 Å². The number of nitrogens with zero attached hydrogens (tertiary/aromatic N) is 6. The van der Waals surface area contributed by atoms with Crippen LogP contribution in [0.5, 0.6) is 0 Å². The van der Waals surface area contributed by atoms with Crippen LogP contribution in [-0.2, 0) is 16.0 Å². The number of rotatable bonds is 9. The van der Waals surface area contributed by atoms with E-state index in [-0.39, 0.29) is 23.8 Å². The molecule has 4 heterocycles. The molecule has 4 aromatic rings. The summed E-state index contributed by atoms with van der Waals surface area (Å²) >= 11 is 0. The number of nitriles is 1. The summed E-state index contributed by atoms with van der Waals surface area (Å²) in [5.74, 6) is 1.01.